The van der Waals surface area contributed by atoms with E-state index in [1.807, 2.05) is 0 Å². The fraction of sp³-hybridized carbons (Fsp3) is 1.00. The van der Waals surface area contributed by atoms with Crippen LogP contribution in [0.1, 0.15) is 6.92 Å². The molecule has 0 saturated heterocycles. The van der Waals surface area contributed by atoms with Crippen LogP contribution in [0.2, 0.25) is 0 Å². The summed E-state index contributed by atoms with van der Waals surface area (Å²) in [6.07, 6.45) is -0.667. The molecule has 0 aromatic heterocycles. The molecular weight excluding hydrogens is 86.1 g/mol. The zero-order valence-corrected chi connectivity index (χ0v) is 4.10. The first kappa shape index (κ1) is 8.99. The predicted octanol–water partition coefficient (Wildman–Crippen LogP) is -0.604. The van der Waals surface area contributed by atoms with Gasteiger partial charge in [-0.3, -0.25) is 0 Å². The SMILES string of the molecule is CC(N)O.S. The van der Waals surface area contributed by atoms with Crippen molar-refractivity contribution in [1.82, 2.24) is 0 Å². The molecule has 1 unspecified atom stereocenters. The highest BCUT2D eigenvalue weighted by atomic mass is 32.1. The average Bonchev–Trinajstić information content (AvgIpc) is 0.811. The third kappa shape index (κ3) is 302. The van der Waals surface area contributed by atoms with E-state index < -0.39 is 6.23 Å². The van der Waals surface area contributed by atoms with E-state index in [0.29, 0.717) is 0 Å². The lowest BCUT2D eigenvalue weighted by Crippen LogP contribution is -2.11. The van der Waals surface area contributed by atoms with Crippen LogP contribution in [0.25, 0.3) is 0 Å². The van der Waals surface area contributed by atoms with Gasteiger partial charge in [0.05, 0.1) is 6.23 Å². The van der Waals surface area contributed by atoms with Crippen LogP contribution in [-0.4, -0.2) is 11.3 Å². The van der Waals surface area contributed by atoms with E-state index in [2.05, 4.69) is 5.73 Å². The van der Waals surface area contributed by atoms with Crippen LogP contribution in [0.5, 0.6) is 0 Å². The van der Waals surface area contributed by atoms with Crippen molar-refractivity contribution in [1.29, 1.82) is 0 Å². The summed E-state index contributed by atoms with van der Waals surface area (Å²) in [5.41, 5.74) is 4.67. The fourth-order valence-electron chi connectivity index (χ4n) is 0. The molecule has 0 radical (unpaired) electrons. The van der Waals surface area contributed by atoms with Crippen molar-refractivity contribution in [3.63, 3.8) is 0 Å². The topological polar surface area (TPSA) is 46.2 Å². The highest BCUT2D eigenvalue weighted by Gasteiger charge is 1.68. The van der Waals surface area contributed by atoms with Crippen molar-refractivity contribution in [2.45, 2.75) is 13.2 Å². The minimum Gasteiger partial charge on any atom is -0.379 e. The van der Waals surface area contributed by atoms with Gasteiger partial charge in [-0.05, 0) is 6.92 Å². The Morgan fingerprint density at radius 3 is 1.80 bits per heavy atom. The van der Waals surface area contributed by atoms with Crippen LogP contribution in [0, 0.1) is 0 Å². The van der Waals surface area contributed by atoms with E-state index >= 15 is 0 Å². The molecule has 0 aliphatic rings. The molecule has 34 valence electrons. The molecule has 0 saturated carbocycles. The maximum atomic E-state index is 7.83. The van der Waals surface area contributed by atoms with Crippen LogP contribution in [0.15, 0.2) is 0 Å². The molecule has 0 bridgehead atoms. The molecule has 0 aromatic carbocycles. The second kappa shape index (κ2) is 4.27. The summed E-state index contributed by atoms with van der Waals surface area (Å²) < 4.78 is 0. The Morgan fingerprint density at radius 2 is 1.80 bits per heavy atom. The van der Waals surface area contributed by atoms with Crippen molar-refractivity contribution in [3.8, 4) is 0 Å². The molecule has 0 heterocycles. The Morgan fingerprint density at radius 1 is 1.80 bits per heavy atom. The summed E-state index contributed by atoms with van der Waals surface area (Å²) in [5, 5.41) is 7.83. The highest BCUT2D eigenvalue weighted by Crippen LogP contribution is 1.50. The average molecular weight is 95.2 g/mol. The summed E-state index contributed by atoms with van der Waals surface area (Å²) >= 11 is 0. The lowest BCUT2D eigenvalue weighted by molar-refractivity contribution is 0.203. The van der Waals surface area contributed by atoms with Gasteiger partial charge in [0, 0.05) is 0 Å². The molecule has 0 fully saturated rings. The maximum Gasteiger partial charge on any atom is 0.0991 e. The fourth-order valence-corrected chi connectivity index (χ4v) is 0. The van der Waals surface area contributed by atoms with Gasteiger partial charge in [-0.1, -0.05) is 0 Å². The number of aliphatic hydroxyl groups excluding tert-OH is 1. The molecule has 0 aliphatic heterocycles. The molecule has 0 aromatic rings. The van der Waals surface area contributed by atoms with Gasteiger partial charge < -0.3 is 10.8 Å². The number of hydrogen-bond donors (Lipinski definition) is 2. The number of nitrogens with two attached hydrogens (primary N) is 1. The predicted molar refractivity (Wildman–Crippen MR) is 26.2 cm³/mol. The Bertz CT molecular complexity index is 14.4. The van der Waals surface area contributed by atoms with Gasteiger partial charge in [-0.2, -0.15) is 13.5 Å². The number of hydrogen-bond acceptors (Lipinski definition) is 2. The zero-order chi connectivity index (χ0) is 3.58. The number of aliphatic hydroxyl groups is 1. The number of rotatable bonds is 0. The van der Waals surface area contributed by atoms with E-state index in [9.17, 15) is 0 Å². The Balaban J connectivity index is 0. The van der Waals surface area contributed by atoms with Crippen LogP contribution in [-0.2, 0) is 0 Å². The van der Waals surface area contributed by atoms with Crippen molar-refractivity contribution in [2.75, 3.05) is 0 Å². The lowest BCUT2D eigenvalue weighted by atomic mass is 10.7. The zero-order valence-electron chi connectivity index (χ0n) is 3.10. The van der Waals surface area contributed by atoms with Gasteiger partial charge in [0.25, 0.3) is 0 Å². The summed E-state index contributed by atoms with van der Waals surface area (Å²) in [4.78, 5) is 0. The van der Waals surface area contributed by atoms with Crippen LogP contribution >= 0.6 is 13.5 Å². The van der Waals surface area contributed by atoms with Gasteiger partial charge in [-0.25, -0.2) is 0 Å². The van der Waals surface area contributed by atoms with Crippen LogP contribution in [0.3, 0.4) is 0 Å². The van der Waals surface area contributed by atoms with E-state index in [1.54, 1.807) is 0 Å². The highest BCUT2D eigenvalue weighted by molar-refractivity contribution is 7.59. The van der Waals surface area contributed by atoms with Crippen molar-refractivity contribution in [2.24, 2.45) is 5.73 Å². The molecule has 5 heavy (non-hydrogen) atoms. The van der Waals surface area contributed by atoms with E-state index in [-0.39, 0.29) is 13.5 Å². The molecule has 0 aliphatic carbocycles. The summed E-state index contributed by atoms with van der Waals surface area (Å²) in [5.74, 6) is 0. The van der Waals surface area contributed by atoms with Gasteiger partial charge >= 0.3 is 0 Å². The molecule has 0 spiro atoms. The van der Waals surface area contributed by atoms with E-state index in [1.165, 1.54) is 6.92 Å². The normalized spacial score (nSPS) is 12.6. The summed E-state index contributed by atoms with van der Waals surface area (Å²) in [6.45, 7) is 1.50. The quantitative estimate of drug-likeness (QED) is 0.394. The van der Waals surface area contributed by atoms with Gasteiger partial charge in [-0.15, -0.1) is 0 Å². The van der Waals surface area contributed by atoms with E-state index in [0.717, 1.165) is 0 Å². The monoisotopic (exact) mass is 95.0 g/mol. The maximum absolute atomic E-state index is 7.83. The van der Waals surface area contributed by atoms with Gasteiger partial charge in [0.1, 0.15) is 0 Å². The lowest BCUT2D eigenvalue weighted by Gasteiger charge is -1.82. The molecule has 1 atom stereocenters. The van der Waals surface area contributed by atoms with Crippen molar-refractivity contribution >= 4 is 13.5 Å². The first-order valence-electron chi connectivity index (χ1n) is 1.17. The van der Waals surface area contributed by atoms with Crippen molar-refractivity contribution < 1.29 is 5.11 Å². The minimum absolute atomic E-state index is 0. The van der Waals surface area contributed by atoms with Crippen molar-refractivity contribution in [3.05, 3.63) is 0 Å². The first-order valence-corrected chi connectivity index (χ1v) is 1.17. The standard InChI is InChI=1S/C2H7NO.H2S/c1-2(3)4;/h2,4H,3H2,1H3;1H2. The molecule has 3 heteroatoms. The molecular formula is C2H9NOS. The molecule has 0 rings (SSSR count). The smallest absolute Gasteiger partial charge is 0.0991 e. The van der Waals surface area contributed by atoms with Crippen LogP contribution < -0.4 is 5.73 Å². The summed E-state index contributed by atoms with van der Waals surface area (Å²) in [7, 11) is 0. The first-order chi connectivity index (χ1) is 1.73. The molecule has 3 N–H and O–H groups in total. The Kier molecular flexibility index (Phi) is 7.67. The van der Waals surface area contributed by atoms with Gasteiger partial charge in [0.15, 0.2) is 0 Å². The second-order valence-electron chi connectivity index (χ2n) is 0.741. The molecule has 0 amide bonds. The minimum atomic E-state index is -0.667. The second-order valence-corrected chi connectivity index (χ2v) is 0.741. The largest absolute Gasteiger partial charge is 0.379 e. The summed E-state index contributed by atoms with van der Waals surface area (Å²) in [6, 6.07) is 0. The Hall–Kier alpha value is 0.270. The third-order valence-corrected chi connectivity index (χ3v) is 0. The van der Waals surface area contributed by atoms with E-state index in [4.69, 9.17) is 5.11 Å². The third-order valence-electron chi connectivity index (χ3n) is 0. The molecule has 2 nitrogen and oxygen atoms in total. The van der Waals surface area contributed by atoms with Gasteiger partial charge in [0.2, 0.25) is 0 Å². The van der Waals surface area contributed by atoms with Crippen LogP contribution in [0.4, 0.5) is 0 Å². The Labute approximate surface area is 38.4 Å².